The SMILES string of the molecule is CC12C=CC=CC1c1ccccc1N2c1cccc2c1oc1cccc(-c3ccc4oc5cccc(-c6nc(-c7ccccc7)nc(-c7ccccc7)n6)c5c4c3)c12. The summed E-state index contributed by atoms with van der Waals surface area (Å²) >= 11 is 0. The standard InChI is InChI=1S/C52H34N4O2/c1-52-30-11-10-23-40(52)36-19-8-9-24-41(36)56(52)42-25-12-21-37-46-35(20-13-27-45(46)58-48(37)42)34-28-29-43-39(31-34)47-38(22-14-26-44(47)57-43)51-54-49(32-15-4-2-5-16-32)53-50(55-51)33-17-6-3-7-18-33/h2-31,40H,1H3. The number of fused-ring (bicyclic) bond motifs is 9. The van der Waals surface area contributed by atoms with Crippen LogP contribution in [0, 0.1) is 0 Å². The fourth-order valence-corrected chi connectivity index (χ4v) is 9.32. The molecule has 6 heteroatoms. The Balaban J connectivity index is 1.04. The van der Waals surface area contributed by atoms with Crippen LogP contribution in [0.15, 0.2) is 191 Å². The Kier molecular flexibility index (Phi) is 7.02. The summed E-state index contributed by atoms with van der Waals surface area (Å²) in [6.45, 7) is 2.32. The molecular formula is C52H34N4O2. The van der Waals surface area contributed by atoms with E-state index in [1.165, 1.54) is 11.3 Å². The minimum Gasteiger partial charge on any atom is -0.456 e. The van der Waals surface area contributed by atoms with Crippen molar-refractivity contribution < 1.29 is 8.83 Å². The van der Waals surface area contributed by atoms with Crippen LogP contribution in [0.2, 0.25) is 0 Å². The second-order valence-corrected chi connectivity index (χ2v) is 15.3. The molecule has 12 rings (SSSR count). The van der Waals surface area contributed by atoms with Gasteiger partial charge in [-0.1, -0.05) is 146 Å². The highest BCUT2D eigenvalue weighted by atomic mass is 16.3. The van der Waals surface area contributed by atoms with E-state index in [-0.39, 0.29) is 11.5 Å². The van der Waals surface area contributed by atoms with Crippen molar-refractivity contribution in [2.75, 3.05) is 4.90 Å². The van der Waals surface area contributed by atoms with Crippen molar-refractivity contribution in [1.29, 1.82) is 0 Å². The molecule has 0 N–H and O–H groups in total. The fourth-order valence-electron chi connectivity index (χ4n) is 9.32. The molecule has 0 saturated carbocycles. The van der Waals surface area contributed by atoms with Crippen LogP contribution in [-0.2, 0) is 0 Å². The van der Waals surface area contributed by atoms with Gasteiger partial charge in [0.25, 0.3) is 0 Å². The van der Waals surface area contributed by atoms with Gasteiger partial charge in [-0.15, -0.1) is 0 Å². The average Bonchev–Trinajstić information content (AvgIpc) is 3.94. The predicted octanol–water partition coefficient (Wildman–Crippen LogP) is 13.5. The normalized spacial score (nSPS) is 17.1. The number of nitrogens with zero attached hydrogens (tertiary/aromatic N) is 4. The number of benzene rings is 7. The molecule has 0 radical (unpaired) electrons. The van der Waals surface area contributed by atoms with Gasteiger partial charge in [0.05, 0.1) is 11.2 Å². The summed E-state index contributed by atoms with van der Waals surface area (Å²) in [5.74, 6) is 2.05. The van der Waals surface area contributed by atoms with Gasteiger partial charge in [0.1, 0.15) is 16.7 Å². The van der Waals surface area contributed by atoms with Crippen LogP contribution in [0.4, 0.5) is 11.4 Å². The lowest BCUT2D eigenvalue weighted by molar-refractivity contribution is 0.540. The van der Waals surface area contributed by atoms with Crippen molar-refractivity contribution in [3.05, 3.63) is 188 Å². The molecule has 0 saturated heterocycles. The Labute approximate surface area is 334 Å². The molecule has 4 heterocycles. The Bertz CT molecular complexity index is 3270. The summed E-state index contributed by atoms with van der Waals surface area (Å²) < 4.78 is 13.4. The number of anilines is 2. The van der Waals surface area contributed by atoms with E-state index in [2.05, 4.69) is 121 Å². The van der Waals surface area contributed by atoms with E-state index in [0.29, 0.717) is 17.5 Å². The Hall–Kier alpha value is -7.57. The van der Waals surface area contributed by atoms with E-state index < -0.39 is 0 Å². The lowest BCUT2D eigenvalue weighted by Gasteiger charge is -2.39. The van der Waals surface area contributed by atoms with Crippen LogP contribution in [0.25, 0.3) is 89.2 Å². The van der Waals surface area contributed by atoms with Crippen molar-refractivity contribution in [1.82, 2.24) is 15.0 Å². The quantitative estimate of drug-likeness (QED) is 0.175. The second kappa shape index (κ2) is 12.5. The van der Waals surface area contributed by atoms with E-state index in [1.54, 1.807) is 0 Å². The largest absolute Gasteiger partial charge is 0.456 e. The van der Waals surface area contributed by atoms with Gasteiger partial charge in [0, 0.05) is 49.8 Å². The van der Waals surface area contributed by atoms with Crippen molar-refractivity contribution in [2.45, 2.75) is 18.4 Å². The summed E-state index contributed by atoms with van der Waals surface area (Å²) in [6, 6.07) is 54.3. The third-order valence-electron chi connectivity index (χ3n) is 12.0. The lowest BCUT2D eigenvalue weighted by atomic mass is 9.80. The maximum absolute atomic E-state index is 6.89. The first-order chi connectivity index (χ1) is 28.6. The van der Waals surface area contributed by atoms with Gasteiger partial charge in [-0.05, 0) is 60.0 Å². The zero-order valence-electron chi connectivity index (χ0n) is 31.5. The van der Waals surface area contributed by atoms with Crippen LogP contribution in [0.5, 0.6) is 0 Å². The molecule has 1 aliphatic heterocycles. The molecular weight excluding hydrogens is 713 g/mol. The minimum absolute atomic E-state index is 0.234. The molecule has 1 aliphatic carbocycles. The molecule has 3 aromatic heterocycles. The van der Waals surface area contributed by atoms with Gasteiger partial charge >= 0.3 is 0 Å². The first-order valence-electron chi connectivity index (χ1n) is 19.6. The van der Waals surface area contributed by atoms with Crippen molar-refractivity contribution in [3.8, 4) is 45.3 Å². The maximum Gasteiger partial charge on any atom is 0.164 e. The van der Waals surface area contributed by atoms with Gasteiger partial charge in [-0.2, -0.15) is 0 Å². The van der Waals surface area contributed by atoms with Gasteiger partial charge in [-0.25, -0.2) is 15.0 Å². The van der Waals surface area contributed by atoms with Crippen molar-refractivity contribution >= 4 is 55.3 Å². The predicted molar refractivity (Wildman–Crippen MR) is 234 cm³/mol. The number of furan rings is 2. The average molecular weight is 747 g/mol. The molecule has 274 valence electrons. The molecule has 0 fully saturated rings. The smallest absolute Gasteiger partial charge is 0.164 e. The van der Waals surface area contributed by atoms with Crippen LogP contribution < -0.4 is 4.90 Å². The van der Waals surface area contributed by atoms with Crippen LogP contribution in [0.1, 0.15) is 18.4 Å². The summed E-state index contributed by atoms with van der Waals surface area (Å²) in [5.41, 5.74) is 11.5. The summed E-state index contributed by atoms with van der Waals surface area (Å²) in [4.78, 5) is 17.6. The van der Waals surface area contributed by atoms with E-state index >= 15 is 0 Å². The third-order valence-corrected chi connectivity index (χ3v) is 12.0. The molecule has 10 aromatic rings. The Morgan fingerprint density at radius 3 is 1.91 bits per heavy atom. The second-order valence-electron chi connectivity index (χ2n) is 15.3. The highest BCUT2D eigenvalue weighted by Crippen LogP contribution is 2.55. The van der Waals surface area contributed by atoms with Crippen molar-refractivity contribution in [3.63, 3.8) is 0 Å². The molecule has 6 nitrogen and oxygen atoms in total. The molecule has 2 aliphatic rings. The Morgan fingerprint density at radius 1 is 0.500 bits per heavy atom. The zero-order chi connectivity index (χ0) is 38.4. The number of hydrogen-bond acceptors (Lipinski definition) is 6. The molecule has 2 unspecified atom stereocenters. The van der Waals surface area contributed by atoms with Gasteiger partial charge in [0.2, 0.25) is 0 Å². The first kappa shape index (κ1) is 32.7. The van der Waals surface area contributed by atoms with Crippen LogP contribution >= 0.6 is 0 Å². The molecule has 2 atom stereocenters. The fraction of sp³-hybridized carbons (Fsp3) is 0.0577. The molecule has 7 aromatic carbocycles. The van der Waals surface area contributed by atoms with E-state index in [0.717, 1.165) is 77.4 Å². The molecule has 0 amide bonds. The van der Waals surface area contributed by atoms with Gasteiger partial charge in [-0.3, -0.25) is 0 Å². The van der Waals surface area contributed by atoms with E-state index in [1.807, 2.05) is 72.8 Å². The van der Waals surface area contributed by atoms with Crippen molar-refractivity contribution in [2.24, 2.45) is 0 Å². The summed E-state index contributed by atoms with van der Waals surface area (Å²) in [7, 11) is 0. The van der Waals surface area contributed by atoms with E-state index in [4.69, 9.17) is 23.8 Å². The number of para-hydroxylation sites is 2. The summed E-state index contributed by atoms with van der Waals surface area (Å²) in [5, 5.41) is 4.10. The number of rotatable bonds is 5. The molecule has 58 heavy (non-hydrogen) atoms. The Morgan fingerprint density at radius 2 is 1.14 bits per heavy atom. The van der Waals surface area contributed by atoms with Gasteiger partial charge < -0.3 is 13.7 Å². The first-order valence-corrected chi connectivity index (χ1v) is 19.6. The van der Waals surface area contributed by atoms with Crippen LogP contribution in [0.3, 0.4) is 0 Å². The number of aromatic nitrogens is 3. The van der Waals surface area contributed by atoms with Gasteiger partial charge in [0.15, 0.2) is 23.1 Å². The topological polar surface area (TPSA) is 68.2 Å². The summed E-state index contributed by atoms with van der Waals surface area (Å²) in [6.07, 6.45) is 8.98. The van der Waals surface area contributed by atoms with E-state index in [9.17, 15) is 0 Å². The lowest BCUT2D eigenvalue weighted by Crippen LogP contribution is -2.42. The molecule has 0 spiro atoms. The molecule has 0 bridgehead atoms. The minimum atomic E-state index is -0.276. The highest BCUT2D eigenvalue weighted by molar-refractivity contribution is 6.17. The number of allylic oxidation sites excluding steroid dienone is 2. The monoisotopic (exact) mass is 746 g/mol. The maximum atomic E-state index is 6.89. The highest BCUT2D eigenvalue weighted by Gasteiger charge is 2.47. The zero-order valence-corrected chi connectivity index (χ0v) is 31.5. The van der Waals surface area contributed by atoms with Crippen LogP contribution in [-0.4, -0.2) is 20.5 Å². The number of hydrogen-bond donors (Lipinski definition) is 0. The third kappa shape index (κ3) is 4.81.